The molecule has 4 heteroatoms. The van der Waals surface area contributed by atoms with Crippen molar-refractivity contribution in [3.63, 3.8) is 0 Å². The minimum atomic E-state index is -0.358. The number of nitrogens with zero attached hydrogens (tertiary/aromatic N) is 1. The van der Waals surface area contributed by atoms with Crippen LogP contribution in [0.3, 0.4) is 0 Å². The number of hydrogen-bond donors (Lipinski definition) is 1. The molecular weight excluding hydrogens is 219 g/mol. The fourth-order valence-corrected chi connectivity index (χ4v) is 1.34. The van der Waals surface area contributed by atoms with Crippen molar-refractivity contribution in [3.8, 4) is 0 Å². The van der Waals surface area contributed by atoms with Gasteiger partial charge in [0.15, 0.2) is 0 Å². The van der Waals surface area contributed by atoms with Crippen molar-refractivity contribution in [3.05, 3.63) is 36.7 Å². The largest absolute Gasteiger partial charge is 0.370 e. The van der Waals surface area contributed by atoms with E-state index in [1.807, 2.05) is 25.8 Å². The Bertz CT molecular complexity index is 429. The van der Waals surface area contributed by atoms with Crippen LogP contribution in [-0.4, -0.2) is 19.0 Å². The van der Waals surface area contributed by atoms with E-state index in [0.717, 1.165) is 6.08 Å². The van der Waals surface area contributed by atoms with Gasteiger partial charge in [-0.3, -0.25) is 4.79 Å². The molecule has 0 aromatic heterocycles. The van der Waals surface area contributed by atoms with Gasteiger partial charge in [-0.15, -0.1) is 0 Å². The normalized spacial score (nSPS) is 10.2. The first-order valence-corrected chi connectivity index (χ1v) is 5.41. The van der Waals surface area contributed by atoms with Crippen LogP contribution in [0.5, 0.6) is 0 Å². The van der Waals surface area contributed by atoms with Gasteiger partial charge in [-0.2, -0.15) is 0 Å². The maximum Gasteiger partial charge on any atom is 0.247 e. The molecule has 1 aromatic rings. The lowest BCUT2D eigenvalue weighted by Crippen LogP contribution is -2.26. The van der Waals surface area contributed by atoms with Crippen LogP contribution < -0.4 is 10.2 Å². The molecule has 0 aliphatic rings. The van der Waals surface area contributed by atoms with Crippen LogP contribution in [-0.2, 0) is 4.79 Å². The summed E-state index contributed by atoms with van der Waals surface area (Å²) in [6.07, 6.45) is 1.14. The predicted octanol–water partition coefficient (Wildman–Crippen LogP) is 2.79. The molecular formula is C13H17FN2O. The van der Waals surface area contributed by atoms with Crippen molar-refractivity contribution in [1.29, 1.82) is 0 Å². The number of amides is 1. The summed E-state index contributed by atoms with van der Waals surface area (Å²) >= 11 is 0. The van der Waals surface area contributed by atoms with E-state index in [0.29, 0.717) is 11.4 Å². The summed E-state index contributed by atoms with van der Waals surface area (Å²) in [5.74, 6) is -0.711. The quantitative estimate of drug-likeness (QED) is 0.815. The van der Waals surface area contributed by atoms with Crippen LogP contribution in [0.2, 0.25) is 0 Å². The highest BCUT2D eigenvalue weighted by Crippen LogP contribution is 2.23. The van der Waals surface area contributed by atoms with Crippen molar-refractivity contribution in [2.75, 3.05) is 17.3 Å². The number of halogens is 1. The molecule has 0 radical (unpaired) electrons. The molecule has 0 bridgehead atoms. The van der Waals surface area contributed by atoms with Crippen molar-refractivity contribution in [1.82, 2.24) is 0 Å². The van der Waals surface area contributed by atoms with Gasteiger partial charge < -0.3 is 10.2 Å². The Labute approximate surface area is 101 Å². The third-order valence-electron chi connectivity index (χ3n) is 2.56. The molecule has 1 aromatic carbocycles. The zero-order valence-electron chi connectivity index (χ0n) is 10.3. The number of carbonyl (C=O) groups excluding carboxylic acids is 1. The maximum absolute atomic E-state index is 13.8. The summed E-state index contributed by atoms with van der Waals surface area (Å²) in [6, 6.07) is 4.82. The lowest BCUT2D eigenvalue weighted by molar-refractivity contribution is -0.111. The molecule has 0 atom stereocenters. The van der Waals surface area contributed by atoms with E-state index in [9.17, 15) is 9.18 Å². The van der Waals surface area contributed by atoms with Crippen molar-refractivity contribution < 1.29 is 9.18 Å². The molecule has 0 spiro atoms. The molecule has 1 amide bonds. The molecule has 1 N–H and O–H groups in total. The summed E-state index contributed by atoms with van der Waals surface area (Å²) in [4.78, 5) is 12.9. The molecule has 0 fully saturated rings. The Morgan fingerprint density at radius 2 is 2.18 bits per heavy atom. The smallest absolute Gasteiger partial charge is 0.247 e. The Morgan fingerprint density at radius 1 is 1.53 bits per heavy atom. The van der Waals surface area contributed by atoms with Crippen molar-refractivity contribution >= 4 is 17.3 Å². The molecule has 0 heterocycles. The topological polar surface area (TPSA) is 32.3 Å². The average molecular weight is 236 g/mol. The zero-order chi connectivity index (χ0) is 13.0. The average Bonchev–Trinajstić information content (AvgIpc) is 2.28. The van der Waals surface area contributed by atoms with Crippen LogP contribution in [0, 0.1) is 5.82 Å². The molecule has 0 saturated carbocycles. The van der Waals surface area contributed by atoms with Gasteiger partial charge in [0.05, 0.1) is 5.69 Å². The van der Waals surface area contributed by atoms with Crippen LogP contribution in [0.4, 0.5) is 15.8 Å². The molecule has 17 heavy (non-hydrogen) atoms. The first kappa shape index (κ1) is 13.2. The second-order valence-corrected chi connectivity index (χ2v) is 4.06. The summed E-state index contributed by atoms with van der Waals surface area (Å²) in [5, 5.41) is 2.51. The van der Waals surface area contributed by atoms with Gasteiger partial charge in [-0.25, -0.2) is 4.39 Å². The maximum atomic E-state index is 13.8. The SMILES string of the molecule is C=CC(=O)Nc1ccc(N(C)C(C)C)c(F)c1. The lowest BCUT2D eigenvalue weighted by atomic mass is 10.2. The first-order valence-electron chi connectivity index (χ1n) is 5.41. The van der Waals surface area contributed by atoms with E-state index in [4.69, 9.17) is 0 Å². The monoisotopic (exact) mass is 236 g/mol. The number of rotatable bonds is 4. The van der Waals surface area contributed by atoms with Crippen LogP contribution >= 0.6 is 0 Å². The van der Waals surface area contributed by atoms with Crippen molar-refractivity contribution in [2.45, 2.75) is 19.9 Å². The van der Waals surface area contributed by atoms with E-state index in [2.05, 4.69) is 11.9 Å². The minimum Gasteiger partial charge on any atom is -0.370 e. The van der Waals surface area contributed by atoms with Gasteiger partial charge in [0.2, 0.25) is 5.91 Å². The highest BCUT2D eigenvalue weighted by molar-refractivity contribution is 5.98. The van der Waals surface area contributed by atoms with E-state index in [1.54, 1.807) is 12.1 Å². The molecule has 0 saturated heterocycles. The summed E-state index contributed by atoms with van der Waals surface area (Å²) < 4.78 is 13.8. The second-order valence-electron chi connectivity index (χ2n) is 4.06. The third-order valence-corrected chi connectivity index (χ3v) is 2.56. The minimum absolute atomic E-state index is 0.207. The standard InChI is InChI=1S/C13H17FN2O/c1-5-13(17)15-10-6-7-12(11(14)8-10)16(4)9(2)3/h5-9H,1H2,2-4H3,(H,15,17). The Hall–Kier alpha value is -1.84. The number of anilines is 2. The van der Waals surface area contributed by atoms with E-state index < -0.39 is 0 Å². The zero-order valence-corrected chi connectivity index (χ0v) is 10.3. The molecule has 0 aliphatic heterocycles. The third kappa shape index (κ3) is 3.31. The summed E-state index contributed by atoms with van der Waals surface area (Å²) in [7, 11) is 1.82. The van der Waals surface area contributed by atoms with E-state index in [-0.39, 0.29) is 17.8 Å². The molecule has 3 nitrogen and oxygen atoms in total. The fraction of sp³-hybridized carbons (Fsp3) is 0.308. The van der Waals surface area contributed by atoms with E-state index >= 15 is 0 Å². The van der Waals surface area contributed by atoms with Gasteiger partial charge in [0.25, 0.3) is 0 Å². The second kappa shape index (κ2) is 5.48. The highest BCUT2D eigenvalue weighted by atomic mass is 19.1. The summed E-state index contributed by atoms with van der Waals surface area (Å²) in [5.41, 5.74) is 0.935. The molecule has 1 rings (SSSR count). The number of carbonyl (C=O) groups is 1. The first-order chi connectivity index (χ1) is 7.95. The number of hydrogen-bond acceptors (Lipinski definition) is 2. The van der Waals surface area contributed by atoms with Gasteiger partial charge in [-0.05, 0) is 38.1 Å². The van der Waals surface area contributed by atoms with E-state index in [1.165, 1.54) is 6.07 Å². The molecule has 0 aliphatic carbocycles. The predicted molar refractivity (Wildman–Crippen MR) is 68.8 cm³/mol. The van der Waals surface area contributed by atoms with Gasteiger partial charge in [0.1, 0.15) is 5.82 Å². The molecule has 92 valence electrons. The number of nitrogens with one attached hydrogen (secondary N) is 1. The van der Waals surface area contributed by atoms with Crippen LogP contribution in [0.15, 0.2) is 30.9 Å². The Morgan fingerprint density at radius 3 is 2.65 bits per heavy atom. The van der Waals surface area contributed by atoms with Crippen LogP contribution in [0.1, 0.15) is 13.8 Å². The fourth-order valence-electron chi connectivity index (χ4n) is 1.34. The number of benzene rings is 1. The van der Waals surface area contributed by atoms with Gasteiger partial charge in [-0.1, -0.05) is 6.58 Å². The van der Waals surface area contributed by atoms with Crippen LogP contribution in [0.25, 0.3) is 0 Å². The Balaban J connectivity index is 2.93. The Kier molecular flexibility index (Phi) is 4.26. The highest BCUT2D eigenvalue weighted by Gasteiger charge is 2.11. The summed E-state index contributed by atoms with van der Waals surface area (Å²) in [6.45, 7) is 7.29. The van der Waals surface area contributed by atoms with Crippen molar-refractivity contribution in [2.24, 2.45) is 0 Å². The van der Waals surface area contributed by atoms with Gasteiger partial charge >= 0.3 is 0 Å². The van der Waals surface area contributed by atoms with Gasteiger partial charge in [0, 0.05) is 18.8 Å². The molecule has 0 unspecified atom stereocenters. The lowest BCUT2D eigenvalue weighted by Gasteiger charge is -2.24.